The van der Waals surface area contributed by atoms with E-state index in [1.54, 1.807) is 0 Å². The molecule has 0 aliphatic heterocycles. The highest BCUT2D eigenvalue weighted by Gasteiger charge is 2.04. The van der Waals surface area contributed by atoms with E-state index in [4.69, 9.17) is 0 Å². The van der Waals surface area contributed by atoms with Gasteiger partial charge >= 0.3 is 0 Å². The molecule has 2 aromatic heterocycles. The maximum atomic E-state index is 3.44. The van der Waals surface area contributed by atoms with Gasteiger partial charge in [-0.2, -0.15) is 0 Å². The number of hydrogen-bond donors (Lipinski definition) is 1. The molecule has 74 valence electrons. The minimum atomic E-state index is 1.21. The smallest absolute Gasteiger partial charge is 0.0566 e. The number of rotatable bonds is 1. The third kappa shape index (κ3) is 1.47. The van der Waals surface area contributed by atoms with Crippen LogP contribution in [0.2, 0.25) is 0 Å². The van der Waals surface area contributed by atoms with Crippen LogP contribution in [0.5, 0.6) is 0 Å². The first-order valence-electron chi connectivity index (χ1n) is 4.97. The summed E-state index contributed by atoms with van der Waals surface area (Å²) < 4.78 is 0. The summed E-state index contributed by atoms with van der Waals surface area (Å²) in [6, 6.07) is 14.9. The highest BCUT2D eigenvalue weighted by Crippen LogP contribution is 2.29. The summed E-state index contributed by atoms with van der Waals surface area (Å²) in [4.78, 5) is 6.10. The molecule has 3 rings (SSSR count). The van der Waals surface area contributed by atoms with Crippen molar-refractivity contribution in [2.75, 3.05) is 0 Å². The van der Waals surface area contributed by atoms with Gasteiger partial charge in [-0.1, -0.05) is 18.2 Å². The van der Waals surface area contributed by atoms with Crippen molar-refractivity contribution in [1.29, 1.82) is 0 Å². The number of aromatic nitrogens is 1. The van der Waals surface area contributed by atoms with Gasteiger partial charge in [0, 0.05) is 15.8 Å². The van der Waals surface area contributed by atoms with Crippen molar-refractivity contribution in [3.05, 3.63) is 47.3 Å². The lowest BCUT2D eigenvalue weighted by molar-refractivity contribution is 1.48. The minimum absolute atomic E-state index is 1.21. The minimum Gasteiger partial charge on any atom is -0.354 e. The van der Waals surface area contributed by atoms with Crippen molar-refractivity contribution in [2.24, 2.45) is 0 Å². The first-order valence-corrected chi connectivity index (χ1v) is 5.79. The quantitative estimate of drug-likeness (QED) is 0.623. The Labute approximate surface area is 92.4 Å². The topological polar surface area (TPSA) is 15.8 Å². The fourth-order valence-corrected chi connectivity index (χ4v) is 2.62. The maximum absolute atomic E-state index is 3.44. The summed E-state index contributed by atoms with van der Waals surface area (Å²) >= 11 is 1.82. The summed E-state index contributed by atoms with van der Waals surface area (Å²) in [6.45, 7) is 2.14. The molecule has 1 nitrogen and oxygen atoms in total. The molecule has 0 amide bonds. The van der Waals surface area contributed by atoms with Gasteiger partial charge in [-0.25, -0.2) is 0 Å². The van der Waals surface area contributed by atoms with E-state index < -0.39 is 0 Å². The molecule has 15 heavy (non-hydrogen) atoms. The third-order valence-electron chi connectivity index (χ3n) is 2.54. The lowest BCUT2D eigenvalue weighted by atomic mass is 10.2. The van der Waals surface area contributed by atoms with Gasteiger partial charge in [0.05, 0.1) is 10.6 Å². The number of H-pyrrole nitrogens is 1. The van der Waals surface area contributed by atoms with Crippen LogP contribution in [0.1, 0.15) is 4.88 Å². The number of aromatic amines is 1. The Balaban J connectivity index is 2.19. The summed E-state index contributed by atoms with van der Waals surface area (Å²) in [5.41, 5.74) is 2.42. The van der Waals surface area contributed by atoms with Crippen LogP contribution in [-0.4, -0.2) is 4.98 Å². The molecule has 2 heteroatoms. The first kappa shape index (κ1) is 8.74. The number of hydrogen-bond acceptors (Lipinski definition) is 1. The van der Waals surface area contributed by atoms with Crippen LogP contribution in [0.3, 0.4) is 0 Å². The molecule has 1 N–H and O–H groups in total. The molecule has 0 unspecified atom stereocenters. The number of aryl methyl sites for hydroxylation is 1. The van der Waals surface area contributed by atoms with Crippen LogP contribution in [0.15, 0.2) is 42.5 Å². The van der Waals surface area contributed by atoms with E-state index >= 15 is 0 Å². The van der Waals surface area contributed by atoms with E-state index in [9.17, 15) is 0 Å². The molecule has 0 saturated heterocycles. The van der Waals surface area contributed by atoms with E-state index in [2.05, 4.69) is 54.4 Å². The molecule has 0 spiro atoms. The van der Waals surface area contributed by atoms with Gasteiger partial charge in [-0.3, -0.25) is 0 Å². The molecule has 0 atom stereocenters. The molecule has 3 aromatic rings. The van der Waals surface area contributed by atoms with E-state index in [-0.39, 0.29) is 0 Å². The van der Waals surface area contributed by atoms with Crippen LogP contribution in [-0.2, 0) is 0 Å². The molecule has 0 bridgehead atoms. The Hall–Kier alpha value is -1.54. The average Bonchev–Trinajstić information content (AvgIpc) is 2.82. The normalized spacial score (nSPS) is 11.0. The Bertz CT molecular complexity index is 571. The highest BCUT2D eigenvalue weighted by molar-refractivity contribution is 7.15. The van der Waals surface area contributed by atoms with Crippen LogP contribution in [0.4, 0.5) is 0 Å². The second kappa shape index (κ2) is 3.24. The van der Waals surface area contributed by atoms with Crippen molar-refractivity contribution in [1.82, 2.24) is 4.98 Å². The first-order chi connectivity index (χ1) is 7.33. The molecular formula is C13H11NS. The van der Waals surface area contributed by atoms with Gasteiger partial charge in [0.1, 0.15) is 0 Å². The molecule has 0 aliphatic carbocycles. The lowest BCUT2D eigenvalue weighted by Gasteiger charge is -1.89. The Morgan fingerprint density at radius 3 is 2.67 bits per heavy atom. The summed E-state index contributed by atoms with van der Waals surface area (Å²) in [5.74, 6) is 0. The number of nitrogens with one attached hydrogen (secondary N) is 1. The number of benzene rings is 1. The second-order valence-electron chi connectivity index (χ2n) is 3.68. The fraction of sp³-hybridized carbons (Fsp3) is 0.0769. The van der Waals surface area contributed by atoms with Gasteiger partial charge < -0.3 is 4.98 Å². The van der Waals surface area contributed by atoms with Gasteiger partial charge in [0.15, 0.2) is 0 Å². The maximum Gasteiger partial charge on any atom is 0.0566 e. The van der Waals surface area contributed by atoms with Gasteiger partial charge in [0.2, 0.25) is 0 Å². The second-order valence-corrected chi connectivity index (χ2v) is 4.97. The van der Waals surface area contributed by atoms with Crippen LogP contribution in [0, 0.1) is 6.92 Å². The van der Waals surface area contributed by atoms with Crippen molar-refractivity contribution in [3.63, 3.8) is 0 Å². The van der Waals surface area contributed by atoms with Crippen molar-refractivity contribution in [2.45, 2.75) is 6.92 Å². The van der Waals surface area contributed by atoms with Crippen LogP contribution >= 0.6 is 11.3 Å². The fourth-order valence-electron chi connectivity index (χ4n) is 1.79. The third-order valence-corrected chi connectivity index (χ3v) is 3.57. The molecular weight excluding hydrogens is 202 g/mol. The average molecular weight is 213 g/mol. The summed E-state index contributed by atoms with van der Waals surface area (Å²) in [5, 5.41) is 1.28. The standard InChI is InChI=1S/C13H11NS/c1-9-6-7-13(15-9)12-8-10-4-2-3-5-11(10)14-12/h2-8,14H,1H3. The van der Waals surface area contributed by atoms with Crippen LogP contribution < -0.4 is 0 Å². The van der Waals surface area contributed by atoms with E-state index in [0.717, 1.165) is 0 Å². The predicted octanol–water partition coefficient (Wildman–Crippen LogP) is 4.20. The Morgan fingerprint density at radius 1 is 1.07 bits per heavy atom. The van der Waals surface area contributed by atoms with Gasteiger partial charge in [0.25, 0.3) is 0 Å². The zero-order valence-electron chi connectivity index (χ0n) is 8.45. The lowest BCUT2D eigenvalue weighted by Crippen LogP contribution is -1.68. The van der Waals surface area contributed by atoms with E-state index in [0.29, 0.717) is 0 Å². The summed E-state index contributed by atoms with van der Waals surface area (Å²) in [6.07, 6.45) is 0. The molecule has 0 fully saturated rings. The monoisotopic (exact) mass is 213 g/mol. The van der Waals surface area contributed by atoms with E-state index in [1.807, 2.05) is 11.3 Å². The van der Waals surface area contributed by atoms with Crippen molar-refractivity contribution < 1.29 is 0 Å². The Morgan fingerprint density at radius 2 is 1.93 bits per heavy atom. The SMILES string of the molecule is Cc1ccc(-c2cc3ccccc3[nH]2)s1. The molecule has 1 aromatic carbocycles. The highest BCUT2D eigenvalue weighted by atomic mass is 32.1. The molecule has 0 saturated carbocycles. The number of thiophene rings is 1. The van der Waals surface area contributed by atoms with Crippen molar-refractivity contribution >= 4 is 22.2 Å². The number of para-hydroxylation sites is 1. The van der Waals surface area contributed by atoms with Crippen LogP contribution in [0.25, 0.3) is 21.5 Å². The number of fused-ring (bicyclic) bond motifs is 1. The van der Waals surface area contributed by atoms with E-state index in [1.165, 1.54) is 26.4 Å². The van der Waals surface area contributed by atoms with Crippen molar-refractivity contribution in [3.8, 4) is 10.6 Å². The largest absolute Gasteiger partial charge is 0.354 e. The summed E-state index contributed by atoms with van der Waals surface area (Å²) in [7, 11) is 0. The Kier molecular flexibility index (Phi) is 1.89. The molecule has 0 aliphatic rings. The molecule has 2 heterocycles. The molecule has 0 radical (unpaired) electrons. The van der Waals surface area contributed by atoms with Gasteiger partial charge in [-0.05, 0) is 31.2 Å². The zero-order valence-corrected chi connectivity index (χ0v) is 9.27. The predicted molar refractivity (Wildman–Crippen MR) is 66.3 cm³/mol. The zero-order chi connectivity index (χ0) is 10.3. The van der Waals surface area contributed by atoms with Gasteiger partial charge in [-0.15, -0.1) is 11.3 Å².